The summed E-state index contributed by atoms with van der Waals surface area (Å²) < 4.78 is 11.4. The molecule has 16 heteroatoms. The van der Waals surface area contributed by atoms with Gasteiger partial charge in [0.15, 0.2) is 0 Å². The molecule has 0 aromatic heterocycles. The van der Waals surface area contributed by atoms with Gasteiger partial charge in [-0.05, 0) is 49.2 Å². The number of carbonyl (C=O) groups is 4. The van der Waals surface area contributed by atoms with Crippen LogP contribution >= 0.6 is 0 Å². The molecule has 0 aliphatic rings. The van der Waals surface area contributed by atoms with Crippen LogP contribution in [-0.4, -0.2) is 63.3 Å². The van der Waals surface area contributed by atoms with Crippen molar-refractivity contribution in [3.05, 3.63) is 47.5 Å². The number of hydrogen-bond donors (Lipinski definition) is 0. The monoisotopic (exact) mass is 656 g/mol. The standard InChI is InChI=1S/C24H28N2O10.4K/c1-15-3-5-19(17(9-15)25(11-21(27)28)12-22(29)30)35-7-8-36-20-6-4-16(2)10-18(20)26(13-23(31)32)14-24(33)34;;;;/h3-6,9-10H,7-8,11-14H2,1-2H3,(H,27,28)(H,29,30)(H,31,32)(H,33,34);;;;/q;4*+1/p-4. The summed E-state index contributed by atoms with van der Waals surface area (Å²) in [5, 5.41) is 44.4. The third kappa shape index (κ3) is 17.5. The Balaban J connectivity index is -0.00000342. The zero-order valence-corrected chi connectivity index (χ0v) is 36.2. The second-order valence-electron chi connectivity index (χ2n) is 7.84. The average molecular weight is 657 g/mol. The average Bonchev–Trinajstić information content (AvgIpc) is 2.76. The fourth-order valence-corrected chi connectivity index (χ4v) is 3.37. The third-order valence-electron chi connectivity index (χ3n) is 4.79. The number of nitrogens with zero attached hydrogens (tertiary/aromatic N) is 2. The first-order valence-corrected chi connectivity index (χ1v) is 10.7. The first-order valence-electron chi connectivity index (χ1n) is 10.7. The number of carboxylic acids is 4. The van der Waals surface area contributed by atoms with E-state index in [2.05, 4.69) is 0 Å². The number of hydrogen-bond acceptors (Lipinski definition) is 12. The predicted octanol–water partition coefficient (Wildman–Crippen LogP) is -15.6. The first kappa shape index (κ1) is 46.5. The van der Waals surface area contributed by atoms with E-state index in [4.69, 9.17) is 9.47 Å². The van der Waals surface area contributed by atoms with Crippen molar-refractivity contribution in [2.75, 3.05) is 49.2 Å². The van der Waals surface area contributed by atoms with Crippen molar-refractivity contribution in [3.8, 4) is 11.5 Å². The van der Waals surface area contributed by atoms with E-state index < -0.39 is 50.1 Å². The SMILES string of the molecule is Cc1ccc(OCCOc2ccc(C)cc2N(CC(=O)[O-])CC(=O)[O-])c(N(CC(=O)[O-])CC(=O)[O-])c1.[K+].[K+].[K+].[K+]. The van der Waals surface area contributed by atoms with Crippen LogP contribution < -0.4 is 245 Å². The molecular formula is C24H24K4N2O10. The van der Waals surface area contributed by atoms with Gasteiger partial charge in [-0.3, -0.25) is 0 Å². The first-order chi connectivity index (χ1) is 17.0. The maximum Gasteiger partial charge on any atom is 1.00 e. The molecule has 2 aromatic rings. The van der Waals surface area contributed by atoms with Gasteiger partial charge < -0.3 is 58.9 Å². The molecular weight excluding hydrogens is 633 g/mol. The molecule has 2 rings (SSSR count). The van der Waals surface area contributed by atoms with Gasteiger partial charge in [-0.25, -0.2) is 0 Å². The largest absolute Gasteiger partial charge is 1.00 e. The second-order valence-corrected chi connectivity index (χ2v) is 7.84. The summed E-state index contributed by atoms with van der Waals surface area (Å²) in [7, 11) is 0. The Kier molecular flexibility index (Phi) is 28.3. The molecule has 0 bridgehead atoms. The molecule has 0 spiro atoms. The van der Waals surface area contributed by atoms with Crippen molar-refractivity contribution < 1.29 is 255 Å². The maximum absolute atomic E-state index is 11.1. The van der Waals surface area contributed by atoms with Gasteiger partial charge in [0.25, 0.3) is 0 Å². The normalized spacial score (nSPS) is 9.35. The molecule has 0 unspecified atom stereocenters. The zero-order chi connectivity index (χ0) is 26.8. The molecule has 0 aliphatic heterocycles. The quantitative estimate of drug-likeness (QED) is 0.130. The van der Waals surface area contributed by atoms with E-state index in [9.17, 15) is 39.6 Å². The molecule has 0 amide bonds. The number of anilines is 2. The van der Waals surface area contributed by atoms with Crippen LogP contribution in [0.5, 0.6) is 11.5 Å². The van der Waals surface area contributed by atoms with Crippen molar-refractivity contribution in [2.45, 2.75) is 13.8 Å². The summed E-state index contributed by atoms with van der Waals surface area (Å²) >= 11 is 0. The van der Waals surface area contributed by atoms with E-state index in [1.165, 1.54) is 0 Å². The van der Waals surface area contributed by atoms with Crippen LogP contribution in [0.25, 0.3) is 0 Å². The molecule has 40 heavy (non-hydrogen) atoms. The molecule has 194 valence electrons. The Labute approximate surface area is 402 Å². The fourth-order valence-electron chi connectivity index (χ4n) is 3.37. The third-order valence-corrected chi connectivity index (χ3v) is 4.79. The maximum atomic E-state index is 11.1. The van der Waals surface area contributed by atoms with E-state index in [0.29, 0.717) is 0 Å². The van der Waals surface area contributed by atoms with Crippen LogP contribution in [-0.2, 0) is 19.2 Å². The van der Waals surface area contributed by atoms with Crippen LogP contribution in [0.3, 0.4) is 0 Å². The Bertz CT molecular complexity index is 1020. The van der Waals surface area contributed by atoms with Crippen molar-refractivity contribution in [2.24, 2.45) is 0 Å². The minimum absolute atomic E-state index is 0. The van der Waals surface area contributed by atoms with Gasteiger partial charge in [0, 0.05) is 0 Å². The molecule has 0 radical (unpaired) electrons. The van der Waals surface area contributed by atoms with Crippen molar-refractivity contribution in [3.63, 3.8) is 0 Å². The smallest absolute Gasteiger partial charge is 0.548 e. The number of carboxylic acid groups (broad SMARTS) is 4. The Morgan fingerprint density at radius 2 is 0.850 bits per heavy atom. The number of aliphatic carboxylic acids is 4. The van der Waals surface area contributed by atoms with E-state index >= 15 is 0 Å². The minimum atomic E-state index is -1.49. The Morgan fingerprint density at radius 1 is 0.575 bits per heavy atom. The minimum Gasteiger partial charge on any atom is -0.548 e. The van der Waals surface area contributed by atoms with Crippen LogP contribution in [0, 0.1) is 13.8 Å². The summed E-state index contributed by atoms with van der Waals surface area (Å²) in [6, 6.07) is 9.56. The van der Waals surface area contributed by atoms with Crippen LogP contribution in [0.15, 0.2) is 36.4 Å². The van der Waals surface area contributed by atoms with Gasteiger partial charge in [0.05, 0.1) is 61.4 Å². The van der Waals surface area contributed by atoms with Crippen molar-refractivity contribution >= 4 is 35.3 Å². The van der Waals surface area contributed by atoms with E-state index in [1.54, 1.807) is 50.2 Å². The van der Waals surface area contributed by atoms with Crippen LogP contribution in [0.2, 0.25) is 0 Å². The topological polar surface area (TPSA) is 185 Å². The van der Waals surface area contributed by atoms with Gasteiger partial charge in [0.1, 0.15) is 24.7 Å². The molecule has 0 N–H and O–H groups in total. The number of carbonyl (C=O) groups excluding carboxylic acids is 4. The second kappa shape index (κ2) is 24.3. The van der Waals surface area contributed by atoms with Crippen LogP contribution in [0.4, 0.5) is 11.4 Å². The fraction of sp³-hybridized carbons (Fsp3) is 0.333. The number of rotatable bonds is 15. The zero-order valence-electron chi connectivity index (χ0n) is 23.7. The number of aryl methyl sites for hydroxylation is 2. The summed E-state index contributed by atoms with van der Waals surface area (Å²) in [5.74, 6) is -5.58. The predicted molar refractivity (Wildman–Crippen MR) is 118 cm³/mol. The van der Waals surface area contributed by atoms with Gasteiger partial charge in [0.2, 0.25) is 0 Å². The number of benzene rings is 2. The van der Waals surface area contributed by atoms with Crippen LogP contribution in [0.1, 0.15) is 11.1 Å². The molecule has 0 saturated heterocycles. The van der Waals surface area contributed by atoms with Gasteiger partial charge in [-0.2, -0.15) is 0 Å². The molecule has 12 nitrogen and oxygen atoms in total. The molecule has 0 aliphatic carbocycles. The summed E-state index contributed by atoms with van der Waals surface area (Å²) in [4.78, 5) is 46.5. The molecule has 0 heterocycles. The number of ether oxygens (including phenoxy) is 2. The Morgan fingerprint density at radius 3 is 1.10 bits per heavy atom. The summed E-state index contributed by atoms with van der Waals surface area (Å²) in [6.45, 7) is 0.498. The van der Waals surface area contributed by atoms with Gasteiger partial charge in [-0.1, -0.05) is 12.1 Å². The van der Waals surface area contributed by atoms with Gasteiger partial charge >= 0.3 is 206 Å². The summed E-state index contributed by atoms with van der Waals surface area (Å²) in [6.07, 6.45) is 0. The van der Waals surface area contributed by atoms with Crippen molar-refractivity contribution in [1.82, 2.24) is 0 Å². The van der Waals surface area contributed by atoms with E-state index in [0.717, 1.165) is 20.9 Å². The molecule has 0 saturated carbocycles. The van der Waals surface area contributed by atoms with Crippen molar-refractivity contribution in [1.29, 1.82) is 0 Å². The summed E-state index contributed by atoms with van der Waals surface area (Å²) in [5.41, 5.74) is 1.85. The molecule has 0 atom stereocenters. The molecule has 2 aromatic carbocycles. The van der Waals surface area contributed by atoms with E-state index in [-0.39, 0.29) is 242 Å². The van der Waals surface area contributed by atoms with Gasteiger partial charge in [-0.15, -0.1) is 0 Å². The van der Waals surface area contributed by atoms with E-state index in [1.807, 2.05) is 0 Å². The Hall–Kier alpha value is 2.07. The molecule has 0 fully saturated rings.